The maximum absolute atomic E-state index is 14.1. The van der Waals surface area contributed by atoms with E-state index in [2.05, 4.69) is 5.10 Å². The van der Waals surface area contributed by atoms with E-state index in [0.717, 1.165) is 5.56 Å². The van der Waals surface area contributed by atoms with Crippen LogP contribution in [0.4, 0.5) is 22.0 Å². The summed E-state index contributed by atoms with van der Waals surface area (Å²) in [6.45, 7) is -1.18. The Morgan fingerprint density at radius 3 is 1.82 bits per heavy atom. The van der Waals surface area contributed by atoms with E-state index < -0.39 is 71.5 Å². The van der Waals surface area contributed by atoms with E-state index in [1.54, 1.807) is 60.7 Å². The summed E-state index contributed by atoms with van der Waals surface area (Å²) in [5, 5.41) is 3.84. The van der Waals surface area contributed by atoms with Crippen molar-refractivity contribution in [1.82, 2.24) is 14.3 Å². The van der Waals surface area contributed by atoms with Gasteiger partial charge in [-0.05, 0) is 17.5 Å². The lowest BCUT2D eigenvalue weighted by molar-refractivity contribution is 0.0556. The highest BCUT2D eigenvalue weighted by Crippen LogP contribution is 2.23. The van der Waals surface area contributed by atoms with Crippen LogP contribution in [0.3, 0.4) is 0 Å². The predicted molar refractivity (Wildman–Crippen MR) is 125 cm³/mol. The van der Waals surface area contributed by atoms with Crippen molar-refractivity contribution in [2.75, 3.05) is 0 Å². The average Bonchev–Trinajstić information content (AvgIpc) is 2.94. The SMILES string of the molecule is O=c1c(OCc2ccccc2)nn(CCc2c(F)c(F)c(F)c(F)c2F)c(=O)n1COCc1ccccc1. The van der Waals surface area contributed by atoms with Crippen LogP contribution in [0.15, 0.2) is 70.3 Å². The third kappa shape index (κ3) is 5.80. The normalized spacial score (nSPS) is 11.1. The van der Waals surface area contributed by atoms with Crippen LogP contribution in [-0.2, 0) is 37.6 Å². The van der Waals surface area contributed by atoms with E-state index in [-0.39, 0.29) is 13.2 Å². The quantitative estimate of drug-likeness (QED) is 0.174. The lowest BCUT2D eigenvalue weighted by atomic mass is 10.1. The van der Waals surface area contributed by atoms with Gasteiger partial charge in [-0.1, -0.05) is 60.7 Å². The van der Waals surface area contributed by atoms with Crippen molar-refractivity contribution < 1.29 is 31.4 Å². The minimum absolute atomic E-state index is 0.0554. The Morgan fingerprint density at radius 1 is 0.711 bits per heavy atom. The van der Waals surface area contributed by atoms with Crippen LogP contribution in [0.1, 0.15) is 16.7 Å². The van der Waals surface area contributed by atoms with E-state index >= 15 is 0 Å². The molecule has 0 aliphatic rings. The molecule has 0 fully saturated rings. The number of halogens is 5. The topological polar surface area (TPSA) is 75.4 Å². The molecule has 0 amide bonds. The zero-order valence-electron chi connectivity index (χ0n) is 19.7. The summed E-state index contributed by atoms with van der Waals surface area (Å²) in [4.78, 5) is 25.9. The highest BCUT2D eigenvalue weighted by Gasteiger charge is 2.26. The summed E-state index contributed by atoms with van der Waals surface area (Å²) in [6.07, 6.45) is -0.792. The van der Waals surface area contributed by atoms with Gasteiger partial charge in [-0.3, -0.25) is 4.79 Å². The molecule has 4 rings (SSSR count). The molecule has 1 aromatic heterocycles. The summed E-state index contributed by atoms with van der Waals surface area (Å²) in [7, 11) is 0. The van der Waals surface area contributed by atoms with Crippen LogP contribution in [0.25, 0.3) is 0 Å². The lowest BCUT2D eigenvalue weighted by Crippen LogP contribution is -2.43. The van der Waals surface area contributed by atoms with Gasteiger partial charge in [0.05, 0.1) is 13.2 Å². The number of hydrogen-bond donors (Lipinski definition) is 0. The Labute approximate surface area is 212 Å². The molecule has 0 radical (unpaired) electrons. The third-order valence-electron chi connectivity index (χ3n) is 5.52. The number of nitrogens with zero attached hydrogens (tertiary/aromatic N) is 3. The van der Waals surface area contributed by atoms with Crippen LogP contribution in [0.2, 0.25) is 0 Å². The number of ether oxygens (including phenoxy) is 2. The van der Waals surface area contributed by atoms with Crippen molar-refractivity contribution in [3.63, 3.8) is 0 Å². The number of benzene rings is 3. The molecule has 0 unspecified atom stereocenters. The van der Waals surface area contributed by atoms with Crippen molar-refractivity contribution in [2.45, 2.75) is 32.9 Å². The molecule has 0 aliphatic heterocycles. The zero-order chi connectivity index (χ0) is 27.2. The van der Waals surface area contributed by atoms with Crippen molar-refractivity contribution in [3.8, 4) is 5.88 Å². The monoisotopic (exact) mass is 533 g/mol. The molecular weight excluding hydrogens is 513 g/mol. The Hall–Kier alpha value is -4.32. The van der Waals surface area contributed by atoms with Gasteiger partial charge in [-0.15, -0.1) is 5.10 Å². The summed E-state index contributed by atoms with van der Waals surface area (Å²) < 4.78 is 81.2. The molecule has 3 aromatic carbocycles. The molecule has 0 spiro atoms. The molecule has 0 bridgehead atoms. The van der Waals surface area contributed by atoms with E-state index in [4.69, 9.17) is 9.47 Å². The third-order valence-corrected chi connectivity index (χ3v) is 5.52. The van der Waals surface area contributed by atoms with Gasteiger partial charge < -0.3 is 9.47 Å². The first-order chi connectivity index (χ1) is 18.3. The maximum atomic E-state index is 14.1. The molecule has 12 heteroatoms. The molecule has 0 aliphatic carbocycles. The van der Waals surface area contributed by atoms with Gasteiger partial charge in [0.15, 0.2) is 23.3 Å². The fourth-order valence-electron chi connectivity index (χ4n) is 3.53. The van der Waals surface area contributed by atoms with Gasteiger partial charge in [0.2, 0.25) is 5.82 Å². The van der Waals surface area contributed by atoms with Gasteiger partial charge in [0.25, 0.3) is 5.88 Å². The number of aromatic nitrogens is 3. The van der Waals surface area contributed by atoms with E-state index in [1.165, 1.54) is 0 Å². The van der Waals surface area contributed by atoms with E-state index in [9.17, 15) is 31.5 Å². The van der Waals surface area contributed by atoms with Gasteiger partial charge >= 0.3 is 11.2 Å². The minimum atomic E-state index is -2.29. The van der Waals surface area contributed by atoms with E-state index in [0.29, 0.717) is 14.8 Å². The van der Waals surface area contributed by atoms with Crippen molar-refractivity contribution in [3.05, 3.63) is 127 Å². The highest BCUT2D eigenvalue weighted by molar-refractivity contribution is 5.24. The van der Waals surface area contributed by atoms with Gasteiger partial charge in [0, 0.05) is 5.56 Å². The Morgan fingerprint density at radius 2 is 1.24 bits per heavy atom. The summed E-state index contributed by atoms with van der Waals surface area (Å²) in [6, 6.07) is 17.6. The smallest absolute Gasteiger partial charge is 0.349 e. The number of aryl methyl sites for hydroxylation is 1. The second-order valence-corrected chi connectivity index (χ2v) is 8.08. The molecule has 7 nitrogen and oxygen atoms in total. The standard InChI is InChI=1S/C26H20F5N3O4/c27-19-18(20(28)22(30)23(31)21(19)29)11-12-34-26(36)33(15-37-13-16-7-3-1-4-8-16)25(35)24(32-34)38-14-17-9-5-2-6-10-17/h1-10H,11-15H2. The fourth-order valence-corrected chi connectivity index (χ4v) is 3.53. The van der Waals surface area contributed by atoms with Crippen LogP contribution in [0, 0.1) is 29.1 Å². The first-order valence-corrected chi connectivity index (χ1v) is 11.3. The Kier molecular flexibility index (Phi) is 8.31. The average molecular weight is 533 g/mol. The second-order valence-electron chi connectivity index (χ2n) is 8.08. The Balaban J connectivity index is 1.64. The number of hydrogen-bond acceptors (Lipinski definition) is 5. The first kappa shape index (κ1) is 26.7. The van der Waals surface area contributed by atoms with Crippen LogP contribution in [-0.4, -0.2) is 14.3 Å². The van der Waals surface area contributed by atoms with Gasteiger partial charge in [-0.25, -0.2) is 36.0 Å². The largest absolute Gasteiger partial charge is 0.468 e. The van der Waals surface area contributed by atoms with Crippen LogP contribution >= 0.6 is 0 Å². The van der Waals surface area contributed by atoms with Gasteiger partial charge in [0.1, 0.15) is 13.3 Å². The van der Waals surface area contributed by atoms with Crippen LogP contribution in [0.5, 0.6) is 5.88 Å². The fraction of sp³-hybridized carbons (Fsp3) is 0.192. The van der Waals surface area contributed by atoms with Gasteiger partial charge in [-0.2, -0.15) is 0 Å². The number of rotatable bonds is 10. The molecule has 1 heterocycles. The maximum Gasteiger partial charge on any atom is 0.349 e. The lowest BCUT2D eigenvalue weighted by Gasteiger charge is -2.14. The molecule has 4 aromatic rings. The van der Waals surface area contributed by atoms with Crippen molar-refractivity contribution in [1.29, 1.82) is 0 Å². The Bertz CT molecular complexity index is 1510. The van der Waals surface area contributed by atoms with Crippen molar-refractivity contribution in [2.24, 2.45) is 0 Å². The molecule has 0 atom stereocenters. The van der Waals surface area contributed by atoms with Crippen molar-refractivity contribution >= 4 is 0 Å². The molecule has 0 N–H and O–H groups in total. The molecular formula is C26H20F5N3O4. The molecule has 38 heavy (non-hydrogen) atoms. The molecule has 0 saturated heterocycles. The first-order valence-electron chi connectivity index (χ1n) is 11.3. The summed E-state index contributed by atoms with van der Waals surface area (Å²) in [5.74, 6) is -11.1. The van der Waals surface area contributed by atoms with E-state index in [1.807, 2.05) is 0 Å². The minimum Gasteiger partial charge on any atom is -0.468 e. The summed E-state index contributed by atoms with van der Waals surface area (Å²) in [5.41, 5.74) is -1.63. The second kappa shape index (κ2) is 11.8. The summed E-state index contributed by atoms with van der Waals surface area (Å²) >= 11 is 0. The molecule has 0 saturated carbocycles. The molecule has 198 valence electrons. The zero-order valence-corrected chi connectivity index (χ0v) is 19.7. The predicted octanol–water partition coefficient (Wildman–Crippen LogP) is 4.10. The van der Waals surface area contributed by atoms with Crippen LogP contribution < -0.4 is 16.0 Å². The highest BCUT2D eigenvalue weighted by atomic mass is 19.2.